The number of aliphatic carboxylic acids is 1. The van der Waals surface area contributed by atoms with Crippen LogP contribution in [0.3, 0.4) is 0 Å². The summed E-state index contributed by atoms with van der Waals surface area (Å²) in [5, 5.41) is 14.5. The van der Waals surface area contributed by atoms with Gasteiger partial charge in [0, 0.05) is 22.9 Å². The minimum Gasteiger partial charge on any atom is -0.481 e. The van der Waals surface area contributed by atoms with Gasteiger partial charge in [-0.1, -0.05) is 30.3 Å². The molecule has 0 aliphatic heterocycles. The van der Waals surface area contributed by atoms with E-state index in [1.807, 2.05) is 18.2 Å². The fraction of sp³-hybridized carbons (Fsp3) is 0.227. The van der Waals surface area contributed by atoms with Crippen molar-refractivity contribution in [3.63, 3.8) is 0 Å². The van der Waals surface area contributed by atoms with Crippen molar-refractivity contribution in [2.24, 2.45) is 5.92 Å². The maximum atomic E-state index is 13.9. The summed E-state index contributed by atoms with van der Waals surface area (Å²) in [4.78, 5) is 33.1. The van der Waals surface area contributed by atoms with E-state index in [1.165, 1.54) is 22.7 Å². The van der Waals surface area contributed by atoms with Gasteiger partial charge in [0.05, 0.1) is 11.4 Å². The second-order valence-corrected chi connectivity index (χ2v) is 7.54. The molecule has 1 fully saturated rings. The smallest absolute Gasteiger partial charge is 0.306 e. The molecule has 0 radical (unpaired) electrons. The minimum absolute atomic E-state index is 0.179. The second-order valence-electron chi connectivity index (χ2n) is 7.54. The van der Waals surface area contributed by atoms with Crippen molar-refractivity contribution in [3.8, 4) is 11.3 Å². The number of fused-ring (bicyclic) bond motifs is 3. The minimum atomic E-state index is -0.837. The summed E-state index contributed by atoms with van der Waals surface area (Å²) in [6, 6.07) is 13.1. The van der Waals surface area contributed by atoms with Gasteiger partial charge in [-0.3, -0.25) is 9.59 Å². The molecule has 2 aromatic carbocycles. The fourth-order valence-corrected chi connectivity index (χ4v) is 4.16. The summed E-state index contributed by atoms with van der Waals surface area (Å²) >= 11 is 0. The molecule has 2 atom stereocenters. The zero-order valence-electron chi connectivity index (χ0n) is 15.8. The first-order chi connectivity index (χ1) is 14.5. The number of rotatable bonds is 3. The first-order valence-electron chi connectivity index (χ1n) is 9.70. The third-order valence-electron chi connectivity index (χ3n) is 5.66. The van der Waals surface area contributed by atoms with E-state index in [0.717, 1.165) is 0 Å². The SMILES string of the molecule is O=C(O)C1CCC(c2nc3cc(F)ccc3c3nc(=O)c(-c4ccccc4)nn23)C1. The van der Waals surface area contributed by atoms with Gasteiger partial charge >= 0.3 is 5.97 Å². The highest BCUT2D eigenvalue weighted by Crippen LogP contribution is 2.38. The molecule has 2 aromatic heterocycles. The molecular weight excluding hydrogens is 387 g/mol. The van der Waals surface area contributed by atoms with Crippen LogP contribution in [0.5, 0.6) is 0 Å². The Morgan fingerprint density at radius 1 is 1.10 bits per heavy atom. The first kappa shape index (κ1) is 18.4. The highest BCUT2D eigenvalue weighted by atomic mass is 19.1. The lowest BCUT2D eigenvalue weighted by atomic mass is 10.0. The Morgan fingerprint density at radius 2 is 1.90 bits per heavy atom. The van der Waals surface area contributed by atoms with E-state index in [2.05, 4.69) is 15.1 Å². The van der Waals surface area contributed by atoms with E-state index in [4.69, 9.17) is 0 Å². The highest BCUT2D eigenvalue weighted by molar-refractivity contribution is 5.91. The number of carboxylic acids is 1. The number of benzene rings is 2. The van der Waals surface area contributed by atoms with Gasteiger partial charge in [-0.25, -0.2) is 9.37 Å². The van der Waals surface area contributed by atoms with Crippen LogP contribution in [0.2, 0.25) is 0 Å². The normalized spacial score (nSPS) is 18.8. The van der Waals surface area contributed by atoms with Gasteiger partial charge in [0.25, 0.3) is 5.56 Å². The number of hydrogen-bond donors (Lipinski definition) is 1. The van der Waals surface area contributed by atoms with Crippen LogP contribution in [0.25, 0.3) is 27.8 Å². The molecule has 5 rings (SSSR count). The molecule has 1 aliphatic carbocycles. The summed E-state index contributed by atoms with van der Waals surface area (Å²) in [7, 11) is 0. The third kappa shape index (κ3) is 3.01. The van der Waals surface area contributed by atoms with Gasteiger partial charge in [0.15, 0.2) is 11.3 Å². The average Bonchev–Trinajstić information content (AvgIpc) is 3.23. The summed E-state index contributed by atoms with van der Waals surface area (Å²) < 4.78 is 15.4. The van der Waals surface area contributed by atoms with Gasteiger partial charge in [-0.2, -0.15) is 14.6 Å². The molecule has 4 aromatic rings. The van der Waals surface area contributed by atoms with Crippen LogP contribution in [0, 0.1) is 11.7 Å². The molecular formula is C22H17FN4O3. The van der Waals surface area contributed by atoms with Crippen LogP contribution in [-0.4, -0.2) is 30.7 Å². The van der Waals surface area contributed by atoms with E-state index in [-0.39, 0.29) is 11.6 Å². The molecule has 0 spiro atoms. The summed E-state index contributed by atoms with van der Waals surface area (Å²) in [6.07, 6.45) is 1.56. The fourth-order valence-electron chi connectivity index (χ4n) is 4.16. The van der Waals surface area contributed by atoms with Gasteiger partial charge in [0.1, 0.15) is 11.6 Å². The first-order valence-corrected chi connectivity index (χ1v) is 9.70. The van der Waals surface area contributed by atoms with Crippen LogP contribution in [0.4, 0.5) is 4.39 Å². The third-order valence-corrected chi connectivity index (χ3v) is 5.66. The molecule has 8 heteroatoms. The van der Waals surface area contributed by atoms with Crippen LogP contribution in [-0.2, 0) is 4.79 Å². The van der Waals surface area contributed by atoms with Crippen molar-refractivity contribution in [2.45, 2.75) is 25.2 Å². The zero-order valence-corrected chi connectivity index (χ0v) is 15.8. The van der Waals surface area contributed by atoms with Crippen molar-refractivity contribution in [1.29, 1.82) is 0 Å². The highest BCUT2D eigenvalue weighted by Gasteiger charge is 2.33. The van der Waals surface area contributed by atoms with Crippen LogP contribution in [0.1, 0.15) is 31.0 Å². The van der Waals surface area contributed by atoms with Crippen molar-refractivity contribution in [2.75, 3.05) is 0 Å². The number of aromatic nitrogens is 4. The average molecular weight is 404 g/mol. The Morgan fingerprint density at radius 3 is 2.63 bits per heavy atom. The Kier molecular flexibility index (Phi) is 4.27. The van der Waals surface area contributed by atoms with E-state index in [0.29, 0.717) is 47.2 Å². The van der Waals surface area contributed by atoms with E-state index in [9.17, 15) is 19.1 Å². The number of carbonyl (C=O) groups is 1. The molecule has 150 valence electrons. The Labute approximate surface area is 169 Å². The largest absolute Gasteiger partial charge is 0.481 e. The Hall–Kier alpha value is -3.68. The van der Waals surface area contributed by atoms with Crippen molar-refractivity contribution >= 4 is 22.5 Å². The van der Waals surface area contributed by atoms with E-state index in [1.54, 1.807) is 12.1 Å². The van der Waals surface area contributed by atoms with Gasteiger partial charge < -0.3 is 5.11 Å². The molecule has 1 N–H and O–H groups in total. The number of nitrogens with zero attached hydrogens (tertiary/aromatic N) is 4. The number of carboxylic acid groups (broad SMARTS) is 1. The standard InChI is InChI=1S/C22H17FN4O3/c23-15-8-9-16-17(11-15)24-19(13-6-7-14(10-13)22(29)30)27-20(16)25-21(28)18(26-27)12-4-2-1-3-5-12/h1-5,8-9,11,13-14H,6-7,10H2,(H,29,30). The Balaban J connectivity index is 1.79. The lowest BCUT2D eigenvalue weighted by molar-refractivity contribution is -0.141. The molecule has 2 unspecified atom stereocenters. The van der Waals surface area contributed by atoms with Gasteiger partial charge in [-0.05, 0) is 31.4 Å². The molecule has 0 bridgehead atoms. The predicted molar refractivity (Wildman–Crippen MR) is 108 cm³/mol. The van der Waals surface area contributed by atoms with Crippen molar-refractivity contribution in [1.82, 2.24) is 19.6 Å². The van der Waals surface area contributed by atoms with Crippen molar-refractivity contribution in [3.05, 3.63) is 70.5 Å². The van der Waals surface area contributed by atoms with Crippen LogP contribution < -0.4 is 5.56 Å². The lowest BCUT2D eigenvalue weighted by Gasteiger charge is -2.15. The quantitative estimate of drug-likeness (QED) is 0.526. The van der Waals surface area contributed by atoms with Crippen LogP contribution in [0.15, 0.2) is 53.3 Å². The predicted octanol–water partition coefficient (Wildman–Crippen LogP) is 3.41. The van der Waals surface area contributed by atoms with Gasteiger partial charge in [0.2, 0.25) is 0 Å². The van der Waals surface area contributed by atoms with E-state index < -0.39 is 23.3 Å². The summed E-state index contributed by atoms with van der Waals surface area (Å²) in [5.74, 6) is -1.43. The monoisotopic (exact) mass is 404 g/mol. The molecule has 0 amide bonds. The molecule has 7 nitrogen and oxygen atoms in total. The lowest BCUT2D eigenvalue weighted by Crippen LogP contribution is -2.20. The molecule has 2 heterocycles. The molecule has 0 saturated heterocycles. The number of halogens is 1. The maximum absolute atomic E-state index is 13.9. The topological polar surface area (TPSA) is 97.5 Å². The van der Waals surface area contributed by atoms with Crippen molar-refractivity contribution < 1.29 is 14.3 Å². The summed E-state index contributed by atoms with van der Waals surface area (Å²) in [6.45, 7) is 0. The molecule has 30 heavy (non-hydrogen) atoms. The summed E-state index contributed by atoms with van der Waals surface area (Å²) in [5.41, 5.74) is 0.983. The molecule has 1 saturated carbocycles. The van der Waals surface area contributed by atoms with Crippen LogP contribution >= 0.6 is 0 Å². The maximum Gasteiger partial charge on any atom is 0.306 e. The van der Waals surface area contributed by atoms with E-state index >= 15 is 0 Å². The number of hydrogen-bond acceptors (Lipinski definition) is 5. The second kappa shape index (κ2) is 6.98. The zero-order chi connectivity index (χ0) is 20.8. The Bertz CT molecular complexity index is 1350. The van der Waals surface area contributed by atoms with Gasteiger partial charge in [-0.15, -0.1) is 0 Å². The molecule has 1 aliphatic rings.